The minimum absolute atomic E-state index is 0.0711. The molecule has 118 valence electrons. The van der Waals surface area contributed by atoms with E-state index in [-0.39, 0.29) is 13.0 Å². The van der Waals surface area contributed by atoms with Crippen molar-refractivity contribution >= 4 is 5.91 Å². The van der Waals surface area contributed by atoms with Crippen LogP contribution in [0.4, 0.5) is 0 Å². The number of hydrogen-bond acceptors (Lipinski definition) is 7. The van der Waals surface area contributed by atoms with Crippen molar-refractivity contribution in [1.82, 2.24) is 5.32 Å². The molecular formula is C12H23NO7. The van der Waals surface area contributed by atoms with Crippen LogP contribution in [0.25, 0.3) is 0 Å². The second-order valence-corrected chi connectivity index (χ2v) is 4.70. The minimum atomic E-state index is -1.33. The summed E-state index contributed by atoms with van der Waals surface area (Å²) in [5.41, 5.74) is 0. The van der Waals surface area contributed by atoms with Gasteiger partial charge in [-0.2, -0.15) is 0 Å². The Morgan fingerprint density at radius 2 is 2.05 bits per heavy atom. The molecule has 6 unspecified atom stereocenters. The highest BCUT2D eigenvalue weighted by Gasteiger charge is 2.45. The van der Waals surface area contributed by atoms with E-state index in [4.69, 9.17) is 19.3 Å². The molecule has 0 radical (unpaired) electrons. The van der Waals surface area contributed by atoms with Gasteiger partial charge in [-0.15, -0.1) is 0 Å². The van der Waals surface area contributed by atoms with E-state index in [1.165, 1.54) is 14.2 Å². The second kappa shape index (κ2) is 7.87. The first-order valence-electron chi connectivity index (χ1n) is 6.44. The number of nitrogens with one attached hydrogen (secondary N) is 1. The van der Waals surface area contributed by atoms with Gasteiger partial charge in [-0.25, -0.2) is 0 Å². The summed E-state index contributed by atoms with van der Waals surface area (Å²) >= 11 is 0. The maximum absolute atomic E-state index is 11.7. The van der Waals surface area contributed by atoms with E-state index in [1.807, 2.05) is 0 Å². The predicted molar refractivity (Wildman–Crippen MR) is 67.8 cm³/mol. The number of carbonyl (C=O) groups is 1. The smallest absolute Gasteiger partial charge is 0.249 e. The lowest BCUT2D eigenvalue weighted by atomic mass is 9.96. The van der Waals surface area contributed by atoms with Crippen LogP contribution in [0.5, 0.6) is 0 Å². The topological polar surface area (TPSA) is 117 Å². The highest BCUT2D eigenvalue weighted by Crippen LogP contribution is 2.23. The van der Waals surface area contributed by atoms with E-state index in [9.17, 15) is 15.0 Å². The summed E-state index contributed by atoms with van der Waals surface area (Å²) in [5.74, 6) is -0.677. The zero-order valence-electron chi connectivity index (χ0n) is 11.9. The van der Waals surface area contributed by atoms with Crippen molar-refractivity contribution in [2.24, 2.45) is 0 Å². The van der Waals surface area contributed by atoms with E-state index in [1.54, 1.807) is 6.92 Å². The molecule has 6 atom stereocenters. The lowest BCUT2D eigenvalue weighted by Gasteiger charge is -2.42. The third-order valence-corrected chi connectivity index (χ3v) is 3.35. The largest absolute Gasteiger partial charge is 0.396 e. The number of carbonyl (C=O) groups excluding carboxylic acids is 1. The lowest BCUT2D eigenvalue weighted by molar-refractivity contribution is -0.269. The number of amides is 1. The highest BCUT2D eigenvalue weighted by molar-refractivity contribution is 5.80. The Bertz CT molecular complexity index is 314. The van der Waals surface area contributed by atoms with Crippen molar-refractivity contribution in [1.29, 1.82) is 0 Å². The van der Waals surface area contributed by atoms with E-state index >= 15 is 0 Å². The summed E-state index contributed by atoms with van der Waals surface area (Å²) < 4.78 is 15.7. The average molecular weight is 293 g/mol. The van der Waals surface area contributed by atoms with Crippen LogP contribution in [0.15, 0.2) is 0 Å². The van der Waals surface area contributed by atoms with Crippen molar-refractivity contribution < 1.29 is 34.3 Å². The quantitative estimate of drug-likeness (QED) is 0.446. The third-order valence-electron chi connectivity index (χ3n) is 3.35. The second-order valence-electron chi connectivity index (χ2n) is 4.70. The van der Waals surface area contributed by atoms with E-state index in [0.29, 0.717) is 0 Å². The van der Waals surface area contributed by atoms with Crippen LogP contribution in [0.2, 0.25) is 0 Å². The van der Waals surface area contributed by atoms with E-state index in [2.05, 4.69) is 5.32 Å². The molecule has 4 N–H and O–H groups in total. The van der Waals surface area contributed by atoms with Crippen LogP contribution in [0.3, 0.4) is 0 Å². The number of hydrogen-bond donors (Lipinski definition) is 4. The molecule has 0 aromatic rings. The average Bonchev–Trinajstić information content (AvgIpc) is 2.42. The molecule has 8 nitrogen and oxygen atoms in total. The molecular weight excluding hydrogens is 270 g/mol. The van der Waals surface area contributed by atoms with Gasteiger partial charge < -0.3 is 34.8 Å². The Hall–Kier alpha value is -0.770. The monoisotopic (exact) mass is 293 g/mol. The maximum atomic E-state index is 11.7. The molecule has 0 aliphatic carbocycles. The molecule has 1 heterocycles. The van der Waals surface area contributed by atoms with Gasteiger partial charge in [-0.1, -0.05) is 0 Å². The Labute approximate surface area is 117 Å². The van der Waals surface area contributed by atoms with Crippen molar-refractivity contribution in [2.45, 2.75) is 50.1 Å². The molecule has 1 aliphatic rings. The molecule has 0 saturated carbocycles. The zero-order valence-corrected chi connectivity index (χ0v) is 11.9. The normalized spacial score (nSPS) is 35.6. The van der Waals surface area contributed by atoms with Gasteiger partial charge in [-0.3, -0.25) is 4.79 Å². The molecule has 0 bridgehead atoms. The van der Waals surface area contributed by atoms with Crippen LogP contribution in [0, 0.1) is 0 Å². The lowest BCUT2D eigenvalue weighted by Crippen LogP contribution is -2.64. The maximum Gasteiger partial charge on any atom is 0.249 e. The molecule has 20 heavy (non-hydrogen) atoms. The summed E-state index contributed by atoms with van der Waals surface area (Å²) in [6.07, 6.45) is -4.46. The molecule has 1 saturated heterocycles. The Morgan fingerprint density at radius 1 is 1.40 bits per heavy atom. The number of aliphatic hydroxyl groups excluding tert-OH is 3. The summed E-state index contributed by atoms with van der Waals surface area (Å²) in [5, 5.41) is 30.9. The van der Waals surface area contributed by atoms with Gasteiger partial charge in [0.15, 0.2) is 6.29 Å². The summed E-state index contributed by atoms with van der Waals surface area (Å²) in [6.45, 7) is 1.37. The SMILES string of the molecule is COC1OC(C)C(NC(=O)C(O)CCO)C(O)C1OC. The van der Waals surface area contributed by atoms with Gasteiger partial charge in [0.05, 0.1) is 12.1 Å². The minimum Gasteiger partial charge on any atom is -0.396 e. The Balaban J connectivity index is 2.71. The standard InChI is InChI=1S/C12H23NO7/c1-6-8(13-11(17)7(15)4-5-14)9(16)10(18-2)12(19-3)20-6/h6-10,12,14-16H,4-5H2,1-3H3,(H,13,17). The molecule has 8 heteroatoms. The van der Waals surface area contributed by atoms with E-state index in [0.717, 1.165) is 0 Å². The van der Waals surface area contributed by atoms with E-state index < -0.39 is 42.7 Å². The van der Waals surface area contributed by atoms with Gasteiger partial charge >= 0.3 is 0 Å². The molecule has 0 aromatic carbocycles. The fourth-order valence-corrected chi connectivity index (χ4v) is 2.17. The Kier molecular flexibility index (Phi) is 6.80. The van der Waals surface area contributed by atoms with Crippen LogP contribution in [0.1, 0.15) is 13.3 Å². The first-order valence-corrected chi connectivity index (χ1v) is 6.44. The molecule has 1 fully saturated rings. The fraction of sp³-hybridized carbons (Fsp3) is 0.917. The van der Waals surface area contributed by atoms with Crippen LogP contribution >= 0.6 is 0 Å². The number of ether oxygens (including phenoxy) is 3. The van der Waals surface area contributed by atoms with Gasteiger partial charge in [-0.05, 0) is 6.92 Å². The number of aliphatic hydroxyl groups is 3. The van der Waals surface area contributed by atoms with Gasteiger partial charge in [0, 0.05) is 27.2 Å². The third kappa shape index (κ3) is 3.87. The van der Waals surface area contributed by atoms with Crippen LogP contribution in [-0.2, 0) is 19.0 Å². The van der Waals surface area contributed by atoms with Crippen LogP contribution in [-0.4, -0.2) is 78.8 Å². The fourth-order valence-electron chi connectivity index (χ4n) is 2.17. The Morgan fingerprint density at radius 3 is 2.55 bits per heavy atom. The summed E-state index contributed by atoms with van der Waals surface area (Å²) in [4.78, 5) is 11.7. The number of rotatable bonds is 6. The summed E-state index contributed by atoms with van der Waals surface area (Å²) in [6, 6.07) is -0.743. The van der Waals surface area contributed by atoms with Crippen molar-refractivity contribution in [3.63, 3.8) is 0 Å². The molecule has 0 aromatic heterocycles. The predicted octanol–water partition coefficient (Wildman–Crippen LogP) is -2.02. The summed E-state index contributed by atoms with van der Waals surface area (Å²) in [7, 11) is 2.83. The van der Waals surface area contributed by atoms with Gasteiger partial charge in [0.1, 0.15) is 18.3 Å². The molecule has 1 amide bonds. The van der Waals surface area contributed by atoms with Crippen LogP contribution < -0.4 is 5.32 Å². The van der Waals surface area contributed by atoms with Crippen molar-refractivity contribution in [3.8, 4) is 0 Å². The molecule has 1 aliphatic heterocycles. The zero-order chi connectivity index (χ0) is 15.3. The van der Waals surface area contributed by atoms with Gasteiger partial charge in [0.25, 0.3) is 0 Å². The number of methoxy groups -OCH3 is 2. The molecule has 1 rings (SSSR count). The highest BCUT2D eigenvalue weighted by atomic mass is 16.7. The van der Waals surface area contributed by atoms with Gasteiger partial charge in [0.2, 0.25) is 5.91 Å². The first-order chi connectivity index (χ1) is 9.46. The first kappa shape index (κ1) is 17.3. The van der Waals surface area contributed by atoms with Crippen molar-refractivity contribution in [2.75, 3.05) is 20.8 Å². The van der Waals surface area contributed by atoms with Crippen molar-refractivity contribution in [3.05, 3.63) is 0 Å². The molecule has 0 spiro atoms.